The van der Waals surface area contributed by atoms with Gasteiger partial charge in [-0.3, -0.25) is 14.2 Å². The third-order valence-corrected chi connectivity index (χ3v) is 8.63. The van der Waals surface area contributed by atoms with E-state index in [0.29, 0.717) is 15.8 Å². The van der Waals surface area contributed by atoms with Crippen LogP contribution in [0.2, 0.25) is 0 Å². The van der Waals surface area contributed by atoms with Crippen molar-refractivity contribution in [3.8, 4) is 0 Å². The molecule has 2 aromatic heterocycles. The topological polar surface area (TPSA) is 64.0 Å². The van der Waals surface area contributed by atoms with Gasteiger partial charge in [-0.25, -0.2) is 4.98 Å². The number of fused-ring (bicyclic) bond motifs is 3. The first-order chi connectivity index (χ1) is 16.5. The zero-order valence-corrected chi connectivity index (χ0v) is 21.2. The summed E-state index contributed by atoms with van der Waals surface area (Å²) in [4.78, 5) is 31.4. The Morgan fingerprint density at radius 1 is 1.12 bits per heavy atom. The number of carbonyl (C=O) groups excluding carboxylic acids is 1. The van der Waals surface area contributed by atoms with Gasteiger partial charge in [0.25, 0.3) is 5.56 Å². The zero-order valence-electron chi connectivity index (χ0n) is 19.5. The van der Waals surface area contributed by atoms with Crippen molar-refractivity contribution in [2.75, 3.05) is 11.1 Å². The Hall–Kier alpha value is -2.64. The molecule has 5 rings (SSSR count). The number of thioether (sulfide) groups is 1. The van der Waals surface area contributed by atoms with Crippen LogP contribution in [-0.4, -0.2) is 21.2 Å². The van der Waals surface area contributed by atoms with Gasteiger partial charge in [-0.15, -0.1) is 11.3 Å². The van der Waals surface area contributed by atoms with E-state index in [-0.39, 0.29) is 23.3 Å². The first-order valence-corrected chi connectivity index (χ1v) is 13.8. The van der Waals surface area contributed by atoms with E-state index >= 15 is 0 Å². The van der Waals surface area contributed by atoms with Gasteiger partial charge in [-0.2, -0.15) is 0 Å². The zero-order chi connectivity index (χ0) is 23.7. The molecule has 34 heavy (non-hydrogen) atoms. The predicted octanol–water partition coefficient (Wildman–Crippen LogP) is 6.97. The van der Waals surface area contributed by atoms with Crippen LogP contribution in [0.4, 0.5) is 5.69 Å². The summed E-state index contributed by atoms with van der Waals surface area (Å²) in [6, 6.07) is 16.2. The number of nitrogens with zero attached hydrogens (tertiary/aromatic N) is 2. The maximum atomic E-state index is 13.7. The fourth-order valence-electron chi connectivity index (χ4n) is 4.68. The second-order valence-electron chi connectivity index (χ2n) is 9.25. The SMILES string of the molecule is CC(C)c1ccc(NC(=O)CSc2nc3c(sc4ccccc43)c(=O)n2C2CCCCC2)cc1. The number of amides is 1. The molecule has 0 spiro atoms. The van der Waals surface area contributed by atoms with Crippen LogP contribution in [-0.2, 0) is 4.79 Å². The molecule has 176 valence electrons. The Kier molecular flexibility index (Phi) is 6.75. The van der Waals surface area contributed by atoms with Gasteiger partial charge in [0.2, 0.25) is 5.91 Å². The maximum absolute atomic E-state index is 13.7. The lowest BCUT2D eigenvalue weighted by Crippen LogP contribution is -2.29. The number of anilines is 1. The lowest BCUT2D eigenvalue weighted by Gasteiger charge is -2.25. The third kappa shape index (κ3) is 4.64. The van der Waals surface area contributed by atoms with Gasteiger partial charge in [0.15, 0.2) is 5.16 Å². The van der Waals surface area contributed by atoms with Crippen LogP contribution < -0.4 is 10.9 Å². The van der Waals surface area contributed by atoms with Crippen molar-refractivity contribution in [1.82, 2.24) is 9.55 Å². The molecule has 7 heteroatoms. The van der Waals surface area contributed by atoms with Crippen LogP contribution in [0.5, 0.6) is 0 Å². The van der Waals surface area contributed by atoms with Crippen molar-refractivity contribution in [3.05, 3.63) is 64.4 Å². The van der Waals surface area contributed by atoms with E-state index in [4.69, 9.17) is 4.98 Å². The molecule has 2 heterocycles. The molecule has 0 radical (unpaired) electrons. The molecular formula is C27H29N3O2S2. The van der Waals surface area contributed by atoms with E-state index < -0.39 is 0 Å². The molecule has 0 atom stereocenters. The highest BCUT2D eigenvalue weighted by atomic mass is 32.2. The number of carbonyl (C=O) groups is 1. The van der Waals surface area contributed by atoms with Gasteiger partial charge in [0, 0.05) is 21.8 Å². The minimum atomic E-state index is -0.0954. The Balaban J connectivity index is 1.44. The number of benzene rings is 2. The molecule has 0 saturated heterocycles. The normalized spacial score (nSPS) is 14.8. The van der Waals surface area contributed by atoms with E-state index in [1.807, 2.05) is 53.1 Å². The lowest BCUT2D eigenvalue weighted by atomic mass is 9.95. The van der Waals surface area contributed by atoms with Gasteiger partial charge < -0.3 is 5.32 Å². The van der Waals surface area contributed by atoms with E-state index in [1.54, 1.807) is 0 Å². The highest BCUT2D eigenvalue weighted by molar-refractivity contribution is 7.99. The van der Waals surface area contributed by atoms with Gasteiger partial charge in [-0.1, -0.05) is 75.2 Å². The van der Waals surface area contributed by atoms with Crippen molar-refractivity contribution < 1.29 is 4.79 Å². The van der Waals surface area contributed by atoms with E-state index in [0.717, 1.165) is 47.0 Å². The first-order valence-electron chi connectivity index (χ1n) is 12.0. The molecule has 1 fully saturated rings. The summed E-state index contributed by atoms with van der Waals surface area (Å²) in [5, 5.41) is 4.64. The van der Waals surface area contributed by atoms with Crippen LogP contribution in [0.3, 0.4) is 0 Å². The Bertz CT molecular complexity index is 1380. The molecule has 4 aromatic rings. The van der Waals surface area contributed by atoms with Gasteiger partial charge in [0.05, 0.1) is 11.3 Å². The molecular weight excluding hydrogens is 462 g/mol. The van der Waals surface area contributed by atoms with Crippen LogP contribution >= 0.6 is 23.1 Å². The molecule has 1 aliphatic rings. The Labute approximate surface area is 207 Å². The molecule has 1 saturated carbocycles. The predicted molar refractivity (Wildman–Crippen MR) is 143 cm³/mol. The van der Waals surface area contributed by atoms with E-state index in [1.165, 1.54) is 35.1 Å². The highest BCUT2D eigenvalue weighted by Crippen LogP contribution is 2.35. The fraction of sp³-hybridized carbons (Fsp3) is 0.370. The first kappa shape index (κ1) is 23.1. The van der Waals surface area contributed by atoms with Crippen molar-refractivity contribution >= 4 is 55.0 Å². The number of rotatable bonds is 6. The van der Waals surface area contributed by atoms with Crippen LogP contribution in [0.25, 0.3) is 20.3 Å². The summed E-state index contributed by atoms with van der Waals surface area (Å²) in [5.74, 6) is 0.562. The molecule has 1 amide bonds. The summed E-state index contributed by atoms with van der Waals surface area (Å²) >= 11 is 2.88. The minimum absolute atomic E-state index is 0.0327. The number of hydrogen-bond acceptors (Lipinski definition) is 5. The molecule has 1 N–H and O–H groups in total. The summed E-state index contributed by atoms with van der Waals surface area (Å²) in [7, 11) is 0. The average Bonchev–Trinajstić information content (AvgIpc) is 3.23. The number of nitrogens with one attached hydrogen (secondary N) is 1. The standard InChI is InChI=1S/C27H29N3O2S2/c1-17(2)18-12-14-19(15-13-18)28-23(31)16-33-27-29-24-21-10-6-7-11-22(21)34-25(24)26(32)30(27)20-8-4-3-5-9-20/h6-7,10-15,17,20H,3-5,8-9,16H2,1-2H3,(H,28,31). The van der Waals surface area contributed by atoms with Crippen LogP contribution in [0, 0.1) is 0 Å². The van der Waals surface area contributed by atoms with Crippen molar-refractivity contribution in [2.24, 2.45) is 0 Å². The van der Waals surface area contributed by atoms with Gasteiger partial charge >= 0.3 is 0 Å². The second kappa shape index (κ2) is 9.92. The third-order valence-electron chi connectivity index (χ3n) is 6.53. The smallest absolute Gasteiger partial charge is 0.272 e. The maximum Gasteiger partial charge on any atom is 0.272 e. The van der Waals surface area contributed by atoms with Crippen molar-refractivity contribution in [2.45, 2.75) is 63.1 Å². The molecule has 2 aromatic carbocycles. The van der Waals surface area contributed by atoms with E-state index in [2.05, 4.69) is 19.2 Å². The summed E-state index contributed by atoms with van der Waals surface area (Å²) < 4.78 is 3.67. The van der Waals surface area contributed by atoms with E-state index in [9.17, 15) is 9.59 Å². The molecule has 0 bridgehead atoms. The quantitative estimate of drug-likeness (QED) is 0.234. The van der Waals surface area contributed by atoms with Crippen LogP contribution in [0.1, 0.15) is 63.5 Å². The Morgan fingerprint density at radius 3 is 2.59 bits per heavy atom. The summed E-state index contributed by atoms with van der Waals surface area (Å²) in [5.41, 5.74) is 2.81. The summed E-state index contributed by atoms with van der Waals surface area (Å²) in [6.07, 6.45) is 5.43. The number of aromatic nitrogens is 2. The molecule has 5 nitrogen and oxygen atoms in total. The molecule has 0 aliphatic heterocycles. The second-order valence-corrected chi connectivity index (χ2v) is 11.2. The minimum Gasteiger partial charge on any atom is -0.325 e. The monoisotopic (exact) mass is 491 g/mol. The highest BCUT2D eigenvalue weighted by Gasteiger charge is 2.24. The average molecular weight is 492 g/mol. The lowest BCUT2D eigenvalue weighted by molar-refractivity contribution is -0.113. The molecule has 1 aliphatic carbocycles. The van der Waals surface area contributed by atoms with Crippen LogP contribution in [0.15, 0.2) is 58.5 Å². The van der Waals surface area contributed by atoms with Crippen molar-refractivity contribution in [3.63, 3.8) is 0 Å². The van der Waals surface area contributed by atoms with Gasteiger partial charge in [0.1, 0.15) is 4.70 Å². The fourth-order valence-corrected chi connectivity index (χ4v) is 6.61. The molecule has 0 unspecified atom stereocenters. The van der Waals surface area contributed by atoms with Gasteiger partial charge in [-0.05, 0) is 42.5 Å². The Morgan fingerprint density at radius 2 is 1.85 bits per heavy atom. The summed E-state index contributed by atoms with van der Waals surface area (Å²) in [6.45, 7) is 4.30. The number of thiophene rings is 1. The van der Waals surface area contributed by atoms with Crippen molar-refractivity contribution in [1.29, 1.82) is 0 Å². The largest absolute Gasteiger partial charge is 0.325 e. The number of hydrogen-bond donors (Lipinski definition) is 1.